The van der Waals surface area contributed by atoms with E-state index in [2.05, 4.69) is 9.97 Å². The van der Waals surface area contributed by atoms with Crippen molar-refractivity contribution in [1.29, 1.82) is 0 Å². The van der Waals surface area contributed by atoms with Gasteiger partial charge in [-0.25, -0.2) is 35.9 Å². The number of aromatic nitrogens is 2. The molecule has 0 radical (unpaired) electrons. The Hall–Kier alpha value is -2.67. The molecule has 2 aromatic rings. The molecule has 2 aliphatic rings. The number of nitrogens with two attached hydrogens (primary N) is 1. The predicted octanol–water partition coefficient (Wildman–Crippen LogP) is 2.90. The van der Waals surface area contributed by atoms with Crippen molar-refractivity contribution >= 4 is 21.7 Å². The molecule has 1 unspecified atom stereocenters. The van der Waals surface area contributed by atoms with Gasteiger partial charge in [0.25, 0.3) is 0 Å². The Morgan fingerprint density at radius 3 is 2.50 bits per heavy atom. The van der Waals surface area contributed by atoms with Crippen molar-refractivity contribution in [1.82, 2.24) is 14.3 Å². The molecule has 2 aliphatic heterocycles. The second kappa shape index (κ2) is 9.53. The first kappa shape index (κ1) is 24.5. The fraction of sp³-hybridized carbons (Fsp3) is 0.524. The highest BCUT2D eigenvalue weighted by Gasteiger charge is 2.38. The zero-order valence-corrected chi connectivity index (χ0v) is 19.2. The standard InChI is InChI=1S/C21H25F4N5O3S/c1-34(31,32)30-9-6-15-19(16(30)11-18(24)25)28-21(20(26)27-15)29-7-4-13(5-8-29)33-17-3-2-12(22)10-14(17)23/h2-3,10,13,16,18H,4-9,11H2,1H3,(H2,26,27). The zero-order chi connectivity index (χ0) is 24.6. The first-order chi connectivity index (χ1) is 16.0. The van der Waals surface area contributed by atoms with Crippen LogP contribution in [-0.4, -0.2) is 61.1 Å². The third kappa shape index (κ3) is 5.19. The summed E-state index contributed by atoms with van der Waals surface area (Å²) in [5.41, 5.74) is 6.72. The van der Waals surface area contributed by atoms with E-state index in [4.69, 9.17) is 10.5 Å². The number of sulfonamides is 1. The lowest BCUT2D eigenvalue weighted by Crippen LogP contribution is -2.42. The highest BCUT2D eigenvalue weighted by atomic mass is 32.2. The van der Waals surface area contributed by atoms with Crippen LogP contribution in [0.1, 0.15) is 36.7 Å². The van der Waals surface area contributed by atoms with E-state index >= 15 is 0 Å². The van der Waals surface area contributed by atoms with Crippen molar-refractivity contribution in [2.24, 2.45) is 0 Å². The molecule has 13 heteroatoms. The number of anilines is 2. The second-order valence-corrected chi connectivity index (χ2v) is 10.3. The first-order valence-corrected chi connectivity index (χ1v) is 12.7. The lowest BCUT2D eigenvalue weighted by atomic mass is 10.0. The lowest BCUT2D eigenvalue weighted by Gasteiger charge is -2.37. The van der Waals surface area contributed by atoms with Gasteiger partial charge in [-0.2, -0.15) is 4.31 Å². The van der Waals surface area contributed by atoms with Crippen molar-refractivity contribution < 1.29 is 30.7 Å². The molecule has 186 valence electrons. The number of ether oxygens (including phenoxy) is 1. The van der Waals surface area contributed by atoms with Gasteiger partial charge in [0, 0.05) is 51.4 Å². The minimum absolute atomic E-state index is 0.0271. The number of nitrogen functional groups attached to an aromatic ring is 1. The topological polar surface area (TPSA) is 102 Å². The maximum absolute atomic E-state index is 13.9. The number of piperidine rings is 1. The molecule has 0 spiro atoms. The third-order valence-corrected chi connectivity index (χ3v) is 7.28. The van der Waals surface area contributed by atoms with E-state index in [-0.39, 0.29) is 36.3 Å². The quantitative estimate of drug-likeness (QED) is 0.605. The molecule has 1 saturated heterocycles. The van der Waals surface area contributed by atoms with E-state index in [1.54, 1.807) is 0 Å². The fourth-order valence-electron chi connectivity index (χ4n) is 4.41. The molecule has 4 rings (SSSR count). The summed E-state index contributed by atoms with van der Waals surface area (Å²) in [4.78, 5) is 10.7. The number of nitrogens with zero attached hydrogens (tertiary/aromatic N) is 4. The van der Waals surface area contributed by atoms with Crippen LogP contribution in [0.4, 0.5) is 29.2 Å². The molecule has 1 aromatic carbocycles. The molecule has 34 heavy (non-hydrogen) atoms. The highest BCUT2D eigenvalue weighted by Crippen LogP contribution is 2.37. The summed E-state index contributed by atoms with van der Waals surface area (Å²) in [6.45, 7) is 0.861. The number of halogens is 4. The molecule has 0 bridgehead atoms. The van der Waals surface area contributed by atoms with Gasteiger partial charge in [-0.1, -0.05) is 0 Å². The molecule has 1 fully saturated rings. The number of fused-ring (bicyclic) bond motifs is 1. The van der Waals surface area contributed by atoms with Crippen LogP contribution in [0, 0.1) is 11.6 Å². The van der Waals surface area contributed by atoms with Crippen LogP contribution in [0.2, 0.25) is 0 Å². The number of alkyl halides is 2. The SMILES string of the molecule is CS(=O)(=O)N1CCc2nc(N)c(N3CCC(Oc4ccc(F)cc4F)CC3)nc2C1CC(F)F. The third-order valence-electron chi connectivity index (χ3n) is 6.00. The number of hydrogen-bond acceptors (Lipinski definition) is 7. The molecular weight excluding hydrogens is 478 g/mol. The number of hydrogen-bond donors (Lipinski definition) is 1. The Balaban J connectivity index is 1.53. The van der Waals surface area contributed by atoms with Gasteiger partial charge in [0.2, 0.25) is 16.4 Å². The maximum atomic E-state index is 13.9. The van der Waals surface area contributed by atoms with E-state index in [0.717, 1.165) is 22.7 Å². The normalized spacial score (nSPS) is 19.9. The van der Waals surface area contributed by atoms with Crippen molar-refractivity contribution in [3.8, 4) is 5.75 Å². The Kier molecular flexibility index (Phi) is 6.85. The van der Waals surface area contributed by atoms with Gasteiger partial charge in [0.05, 0.1) is 23.7 Å². The molecule has 8 nitrogen and oxygen atoms in total. The van der Waals surface area contributed by atoms with Gasteiger partial charge < -0.3 is 15.4 Å². The summed E-state index contributed by atoms with van der Waals surface area (Å²) < 4.78 is 84.7. The summed E-state index contributed by atoms with van der Waals surface area (Å²) in [5, 5.41) is 0. The van der Waals surface area contributed by atoms with Gasteiger partial charge in [-0.05, 0) is 12.1 Å². The fourth-order valence-corrected chi connectivity index (χ4v) is 5.48. The molecule has 3 heterocycles. The molecule has 0 aliphatic carbocycles. The molecule has 0 saturated carbocycles. The summed E-state index contributed by atoms with van der Waals surface area (Å²) >= 11 is 0. The predicted molar refractivity (Wildman–Crippen MR) is 117 cm³/mol. The zero-order valence-electron chi connectivity index (χ0n) is 18.4. The van der Waals surface area contributed by atoms with E-state index in [1.165, 1.54) is 6.07 Å². The second-order valence-electron chi connectivity index (χ2n) is 8.41. The molecule has 0 amide bonds. The Morgan fingerprint density at radius 2 is 1.88 bits per heavy atom. The molecular formula is C21H25F4N5O3S. The van der Waals surface area contributed by atoms with Crippen LogP contribution < -0.4 is 15.4 Å². The van der Waals surface area contributed by atoms with E-state index in [1.807, 2.05) is 4.90 Å². The van der Waals surface area contributed by atoms with Gasteiger partial charge in [0.1, 0.15) is 11.9 Å². The van der Waals surface area contributed by atoms with Gasteiger partial charge in [-0.15, -0.1) is 0 Å². The van der Waals surface area contributed by atoms with Gasteiger partial charge in [0.15, 0.2) is 23.2 Å². The number of rotatable bonds is 6. The highest BCUT2D eigenvalue weighted by molar-refractivity contribution is 7.88. The van der Waals surface area contributed by atoms with Crippen molar-refractivity contribution in [2.75, 3.05) is 36.5 Å². The van der Waals surface area contributed by atoms with E-state index in [0.29, 0.717) is 37.4 Å². The Bertz CT molecular complexity index is 1160. The Labute approximate surface area is 194 Å². The summed E-state index contributed by atoms with van der Waals surface area (Å²) in [7, 11) is -3.74. The van der Waals surface area contributed by atoms with Crippen LogP contribution >= 0.6 is 0 Å². The summed E-state index contributed by atoms with van der Waals surface area (Å²) in [6.07, 6.45) is -1.60. The van der Waals surface area contributed by atoms with E-state index in [9.17, 15) is 26.0 Å². The lowest BCUT2D eigenvalue weighted by molar-refractivity contribution is 0.102. The monoisotopic (exact) mass is 503 g/mol. The minimum atomic E-state index is -3.74. The van der Waals surface area contributed by atoms with Crippen LogP contribution in [0.5, 0.6) is 5.75 Å². The van der Waals surface area contributed by atoms with Crippen molar-refractivity contribution in [3.63, 3.8) is 0 Å². The Morgan fingerprint density at radius 1 is 1.18 bits per heavy atom. The van der Waals surface area contributed by atoms with Crippen LogP contribution in [0.25, 0.3) is 0 Å². The first-order valence-electron chi connectivity index (χ1n) is 10.8. The minimum Gasteiger partial charge on any atom is -0.487 e. The average molecular weight is 504 g/mol. The van der Waals surface area contributed by atoms with E-state index < -0.39 is 40.5 Å². The van der Waals surface area contributed by atoms with Crippen molar-refractivity contribution in [2.45, 2.75) is 44.3 Å². The summed E-state index contributed by atoms with van der Waals surface area (Å²) in [5.74, 6) is -1.09. The molecule has 2 N–H and O–H groups in total. The number of benzene rings is 1. The smallest absolute Gasteiger partial charge is 0.240 e. The van der Waals surface area contributed by atoms with Crippen LogP contribution in [-0.2, 0) is 16.4 Å². The van der Waals surface area contributed by atoms with Crippen molar-refractivity contribution in [3.05, 3.63) is 41.2 Å². The van der Waals surface area contributed by atoms with Crippen LogP contribution in [0.15, 0.2) is 18.2 Å². The average Bonchev–Trinajstić information content (AvgIpc) is 2.75. The summed E-state index contributed by atoms with van der Waals surface area (Å²) in [6, 6.07) is 1.98. The van der Waals surface area contributed by atoms with Gasteiger partial charge in [-0.3, -0.25) is 0 Å². The largest absolute Gasteiger partial charge is 0.487 e. The van der Waals surface area contributed by atoms with Crippen LogP contribution in [0.3, 0.4) is 0 Å². The molecule has 1 atom stereocenters. The maximum Gasteiger partial charge on any atom is 0.240 e. The van der Waals surface area contributed by atoms with Gasteiger partial charge >= 0.3 is 0 Å². The molecule has 1 aromatic heterocycles.